The summed E-state index contributed by atoms with van der Waals surface area (Å²) in [7, 11) is -0.996. The fraction of sp³-hybridized carbons (Fsp3) is 0.692. The summed E-state index contributed by atoms with van der Waals surface area (Å²) in [5.74, 6) is 0.929. The van der Waals surface area contributed by atoms with Gasteiger partial charge in [-0.3, -0.25) is 0 Å². The zero-order chi connectivity index (χ0) is 14.4. The van der Waals surface area contributed by atoms with Gasteiger partial charge in [-0.05, 0) is 30.7 Å². The predicted molar refractivity (Wildman–Crippen MR) is 76.9 cm³/mol. The Morgan fingerprint density at radius 1 is 1.45 bits per heavy atom. The molecule has 1 aromatic rings. The maximum Gasteiger partial charge on any atom is 0.211 e. The Labute approximate surface area is 119 Å². The summed E-state index contributed by atoms with van der Waals surface area (Å²) >= 11 is 0. The molecule has 110 valence electrons. The van der Waals surface area contributed by atoms with Crippen LogP contribution in [0.5, 0.6) is 0 Å². The lowest BCUT2D eigenvalue weighted by Gasteiger charge is -2.49. The van der Waals surface area contributed by atoms with Crippen LogP contribution in [0.1, 0.15) is 19.3 Å². The highest BCUT2D eigenvalue weighted by atomic mass is 32.2. The molecule has 0 N–H and O–H groups in total. The van der Waals surface area contributed by atoms with Gasteiger partial charge >= 0.3 is 0 Å². The van der Waals surface area contributed by atoms with E-state index in [9.17, 15) is 8.42 Å². The number of aromatic nitrogens is 2. The van der Waals surface area contributed by atoms with Gasteiger partial charge in [-0.15, -0.1) is 0 Å². The van der Waals surface area contributed by atoms with Gasteiger partial charge in [-0.1, -0.05) is 0 Å². The number of hydrogen-bond donors (Lipinski definition) is 0. The molecule has 1 spiro atoms. The molecule has 3 rings (SSSR count). The summed E-state index contributed by atoms with van der Waals surface area (Å²) < 4.78 is 24.8. The average Bonchev–Trinajstić information content (AvgIpc) is 2.82. The Bertz CT molecular complexity index is 584. The van der Waals surface area contributed by atoms with Gasteiger partial charge < -0.3 is 4.90 Å². The first-order chi connectivity index (χ1) is 9.40. The molecule has 1 aromatic heterocycles. The average molecular weight is 296 g/mol. The molecule has 2 heterocycles. The van der Waals surface area contributed by atoms with E-state index in [-0.39, 0.29) is 5.41 Å². The summed E-state index contributed by atoms with van der Waals surface area (Å²) in [5.41, 5.74) is 0.190. The highest BCUT2D eigenvalue weighted by molar-refractivity contribution is 7.88. The van der Waals surface area contributed by atoms with Crippen molar-refractivity contribution in [2.24, 2.45) is 5.41 Å². The zero-order valence-corrected chi connectivity index (χ0v) is 12.7. The number of rotatable bonds is 3. The molecule has 6 nitrogen and oxygen atoms in total. The SMILES string of the molecule is CN(c1ccncn1)C1CC2(CCN(S(C)(=O)=O)C2)C1. The summed E-state index contributed by atoms with van der Waals surface area (Å²) in [6, 6.07) is 2.35. The van der Waals surface area contributed by atoms with Gasteiger partial charge in [0.05, 0.1) is 6.26 Å². The van der Waals surface area contributed by atoms with Crippen LogP contribution in [0.15, 0.2) is 18.6 Å². The molecule has 0 radical (unpaired) electrons. The molecule has 1 aliphatic carbocycles. The van der Waals surface area contributed by atoms with E-state index in [0.29, 0.717) is 19.1 Å². The van der Waals surface area contributed by atoms with E-state index >= 15 is 0 Å². The van der Waals surface area contributed by atoms with E-state index in [1.807, 2.05) is 13.1 Å². The number of anilines is 1. The molecule has 20 heavy (non-hydrogen) atoms. The molecule has 0 amide bonds. The molecule has 0 unspecified atom stereocenters. The van der Waals surface area contributed by atoms with Gasteiger partial charge in [-0.25, -0.2) is 22.7 Å². The first-order valence-corrected chi connectivity index (χ1v) is 8.68. The Balaban J connectivity index is 1.62. The van der Waals surface area contributed by atoms with Crippen molar-refractivity contribution in [3.63, 3.8) is 0 Å². The van der Waals surface area contributed by atoms with Crippen LogP contribution in [0.25, 0.3) is 0 Å². The third-order valence-electron chi connectivity index (χ3n) is 4.69. The van der Waals surface area contributed by atoms with Crippen molar-refractivity contribution in [3.05, 3.63) is 18.6 Å². The third-order valence-corrected chi connectivity index (χ3v) is 5.93. The van der Waals surface area contributed by atoms with Crippen LogP contribution < -0.4 is 4.90 Å². The van der Waals surface area contributed by atoms with Gasteiger partial charge in [0.25, 0.3) is 0 Å². The Hall–Kier alpha value is -1.21. The molecule has 1 saturated heterocycles. The monoisotopic (exact) mass is 296 g/mol. The minimum absolute atomic E-state index is 0.190. The van der Waals surface area contributed by atoms with Crippen molar-refractivity contribution in [2.75, 3.05) is 31.3 Å². The lowest BCUT2D eigenvalue weighted by molar-refractivity contribution is 0.119. The first-order valence-electron chi connectivity index (χ1n) is 6.84. The van der Waals surface area contributed by atoms with E-state index in [0.717, 1.165) is 25.1 Å². The van der Waals surface area contributed by atoms with Crippen LogP contribution in [-0.2, 0) is 10.0 Å². The summed E-state index contributed by atoms with van der Waals surface area (Å²) in [4.78, 5) is 10.4. The zero-order valence-electron chi connectivity index (χ0n) is 11.9. The normalized spacial score (nSPS) is 30.4. The topological polar surface area (TPSA) is 66.4 Å². The van der Waals surface area contributed by atoms with E-state index in [4.69, 9.17) is 0 Å². The second-order valence-electron chi connectivity index (χ2n) is 6.09. The fourth-order valence-electron chi connectivity index (χ4n) is 3.40. The van der Waals surface area contributed by atoms with Gasteiger partial charge in [-0.2, -0.15) is 0 Å². The van der Waals surface area contributed by atoms with Crippen LogP contribution in [-0.4, -0.2) is 55.1 Å². The second-order valence-corrected chi connectivity index (χ2v) is 8.07. The quantitative estimate of drug-likeness (QED) is 0.822. The van der Waals surface area contributed by atoms with Crippen molar-refractivity contribution in [2.45, 2.75) is 25.3 Å². The van der Waals surface area contributed by atoms with Gasteiger partial charge in [0.2, 0.25) is 10.0 Å². The minimum Gasteiger partial charge on any atom is -0.357 e. The molecule has 0 bridgehead atoms. The molecule has 2 fully saturated rings. The molecule has 1 saturated carbocycles. The Morgan fingerprint density at radius 2 is 2.20 bits per heavy atom. The third kappa shape index (κ3) is 2.40. The highest BCUT2D eigenvalue weighted by Crippen LogP contribution is 2.50. The van der Waals surface area contributed by atoms with Crippen molar-refractivity contribution in [1.82, 2.24) is 14.3 Å². The number of sulfonamides is 1. The van der Waals surface area contributed by atoms with Crippen molar-refractivity contribution < 1.29 is 8.42 Å². The highest BCUT2D eigenvalue weighted by Gasteiger charge is 2.51. The largest absolute Gasteiger partial charge is 0.357 e. The first kappa shape index (κ1) is 13.8. The van der Waals surface area contributed by atoms with Crippen molar-refractivity contribution in [3.8, 4) is 0 Å². The molecular weight excluding hydrogens is 276 g/mol. The van der Waals surface area contributed by atoms with Crippen LogP contribution in [0.3, 0.4) is 0 Å². The predicted octanol–water partition coefficient (Wildman–Crippen LogP) is 0.727. The van der Waals surface area contributed by atoms with Crippen molar-refractivity contribution in [1.29, 1.82) is 0 Å². The van der Waals surface area contributed by atoms with Crippen molar-refractivity contribution >= 4 is 15.8 Å². The van der Waals surface area contributed by atoms with E-state index < -0.39 is 10.0 Å². The van der Waals surface area contributed by atoms with E-state index in [1.54, 1.807) is 16.8 Å². The molecule has 0 aromatic carbocycles. The molecular formula is C13H20N4O2S. The van der Waals surface area contributed by atoms with Gasteiger partial charge in [0.15, 0.2) is 0 Å². The number of nitrogens with zero attached hydrogens (tertiary/aromatic N) is 4. The van der Waals surface area contributed by atoms with Gasteiger partial charge in [0.1, 0.15) is 12.1 Å². The van der Waals surface area contributed by atoms with E-state index in [2.05, 4.69) is 14.9 Å². The second kappa shape index (κ2) is 4.66. The van der Waals surface area contributed by atoms with E-state index in [1.165, 1.54) is 6.26 Å². The standard InChI is InChI=1S/C13H20N4O2S/c1-16(12-3-5-14-10-15-12)11-7-13(8-11)4-6-17(9-13)20(2,18)19/h3,5,10-11H,4,6-9H2,1-2H3. The Kier molecular flexibility index (Phi) is 3.21. The van der Waals surface area contributed by atoms with Crippen LogP contribution in [0.2, 0.25) is 0 Å². The minimum atomic E-state index is -3.04. The maximum atomic E-state index is 11.6. The van der Waals surface area contributed by atoms with Crippen LogP contribution >= 0.6 is 0 Å². The molecule has 1 aliphatic heterocycles. The van der Waals surface area contributed by atoms with Crippen LogP contribution in [0.4, 0.5) is 5.82 Å². The Morgan fingerprint density at radius 3 is 2.75 bits per heavy atom. The molecule has 0 atom stereocenters. The smallest absolute Gasteiger partial charge is 0.211 e. The summed E-state index contributed by atoms with van der Waals surface area (Å²) in [6.45, 7) is 1.35. The number of hydrogen-bond acceptors (Lipinski definition) is 5. The summed E-state index contributed by atoms with van der Waals surface area (Å²) in [6.07, 6.45) is 7.66. The molecule has 2 aliphatic rings. The lowest BCUT2D eigenvalue weighted by atomic mass is 9.64. The van der Waals surface area contributed by atoms with Gasteiger partial charge in [0, 0.05) is 32.4 Å². The fourth-order valence-corrected chi connectivity index (χ4v) is 4.33. The van der Waals surface area contributed by atoms with Crippen LogP contribution in [0, 0.1) is 5.41 Å². The summed E-state index contributed by atoms with van der Waals surface area (Å²) in [5, 5.41) is 0. The molecule has 7 heteroatoms. The maximum absolute atomic E-state index is 11.6. The lowest BCUT2D eigenvalue weighted by Crippen LogP contribution is -2.51.